The predicted octanol–water partition coefficient (Wildman–Crippen LogP) is 2.20. The third-order valence-corrected chi connectivity index (χ3v) is 3.03. The third kappa shape index (κ3) is 5.59. The third-order valence-electron chi connectivity index (χ3n) is 2.79. The quantitative estimate of drug-likeness (QED) is 0.750. The van der Waals surface area contributed by atoms with Crippen molar-refractivity contribution in [2.45, 2.75) is 20.8 Å². The van der Waals surface area contributed by atoms with Gasteiger partial charge in [0.1, 0.15) is 0 Å². The van der Waals surface area contributed by atoms with Gasteiger partial charge in [0, 0.05) is 29.3 Å². The SMILES string of the molecule is Cc1ccc(Cl)cc1NC(=O)CNCC(C)(C)CO. The monoisotopic (exact) mass is 284 g/mol. The summed E-state index contributed by atoms with van der Waals surface area (Å²) in [5.41, 5.74) is 1.46. The zero-order valence-corrected chi connectivity index (χ0v) is 12.3. The fraction of sp³-hybridized carbons (Fsp3) is 0.500. The number of aliphatic hydroxyl groups excluding tert-OH is 1. The number of carbonyl (C=O) groups is 1. The van der Waals surface area contributed by atoms with Gasteiger partial charge < -0.3 is 15.7 Å². The number of rotatable bonds is 6. The highest BCUT2D eigenvalue weighted by atomic mass is 35.5. The molecule has 0 bridgehead atoms. The Labute approximate surface area is 119 Å². The molecule has 19 heavy (non-hydrogen) atoms. The van der Waals surface area contributed by atoms with Crippen molar-refractivity contribution in [3.05, 3.63) is 28.8 Å². The summed E-state index contributed by atoms with van der Waals surface area (Å²) in [4.78, 5) is 11.8. The van der Waals surface area contributed by atoms with Crippen LogP contribution in [0.5, 0.6) is 0 Å². The number of hydrogen-bond donors (Lipinski definition) is 3. The Kier molecular flexibility index (Phi) is 5.79. The molecule has 0 unspecified atom stereocenters. The zero-order chi connectivity index (χ0) is 14.5. The summed E-state index contributed by atoms with van der Waals surface area (Å²) in [6.07, 6.45) is 0. The number of halogens is 1. The first-order chi connectivity index (χ1) is 8.84. The first kappa shape index (κ1) is 16.0. The van der Waals surface area contributed by atoms with Gasteiger partial charge in [-0.25, -0.2) is 0 Å². The van der Waals surface area contributed by atoms with E-state index >= 15 is 0 Å². The second-order valence-electron chi connectivity index (χ2n) is 5.43. The minimum atomic E-state index is -0.230. The molecule has 0 aliphatic carbocycles. The Balaban J connectivity index is 2.45. The van der Waals surface area contributed by atoms with E-state index in [1.165, 1.54) is 0 Å². The standard InChI is InChI=1S/C14H21ClN2O2/c1-10-4-5-11(15)6-12(10)17-13(19)7-16-8-14(2,3)9-18/h4-6,16,18H,7-9H2,1-3H3,(H,17,19). The van der Waals surface area contributed by atoms with E-state index in [9.17, 15) is 4.79 Å². The molecule has 1 rings (SSSR count). The Morgan fingerprint density at radius 1 is 1.42 bits per heavy atom. The second kappa shape index (κ2) is 6.89. The number of nitrogens with one attached hydrogen (secondary N) is 2. The highest BCUT2D eigenvalue weighted by Gasteiger charge is 2.16. The van der Waals surface area contributed by atoms with E-state index in [-0.39, 0.29) is 24.5 Å². The number of aliphatic hydroxyl groups is 1. The lowest BCUT2D eigenvalue weighted by molar-refractivity contribution is -0.115. The molecule has 4 nitrogen and oxygen atoms in total. The Bertz CT molecular complexity index is 447. The summed E-state index contributed by atoms with van der Waals surface area (Å²) in [5.74, 6) is -0.126. The van der Waals surface area contributed by atoms with Crippen LogP contribution in [0.3, 0.4) is 0 Å². The van der Waals surface area contributed by atoms with Crippen LogP contribution < -0.4 is 10.6 Å². The van der Waals surface area contributed by atoms with Gasteiger partial charge in [0.25, 0.3) is 0 Å². The summed E-state index contributed by atoms with van der Waals surface area (Å²) in [6, 6.07) is 5.38. The number of amides is 1. The first-order valence-electron chi connectivity index (χ1n) is 6.22. The van der Waals surface area contributed by atoms with Gasteiger partial charge in [0.05, 0.1) is 6.54 Å². The summed E-state index contributed by atoms with van der Waals surface area (Å²) in [5, 5.41) is 15.5. The molecule has 0 atom stereocenters. The average molecular weight is 285 g/mol. The summed E-state index contributed by atoms with van der Waals surface area (Å²) < 4.78 is 0. The van der Waals surface area contributed by atoms with E-state index in [2.05, 4.69) is 10.6 Å². The van der Waals surface area contributed by atoms with Gasteiger partial charge in [-0.2, -0.15) is 0 Å². The van der Waals surface area contributed by atoms with Crippen LogP contribution in [0, 0.1) is 12.3 Å². The topological polar surface area (TPSA) is 61.4 Å². The van der Waals surface area contributed by atoms with E-state index in [0.717, 1.165) is 11.3 Å². The van der Waals surface area contributed by atoms with Crippen molar-refractivity contribution in [1.82, 2.24) is 5.32 Å². The van der Waals surface area contributed by atoms with Crippen molar-refractivity contribution in [2.75, 3.05) is 25.0 Å². The number of carbonyl (C=O) groups excluding carboxylic acids is 1. The van der Waals surface area contributed by atoms with Crippen molar-refractivity contribution < 1.29 is 9.90 Å². The van der Waals surface area contributed by atoms with Gasteiger partial charge in [0.2, 0.25) is 5.91 Å². The van der Waals surface area contributed by atoms with Crippen molar-refractivity contribution in [1.29, 1.82) is 0 Å². The van der Waals surface area contributed by atoms with Gasteiger partial charge >= 0.3 is 0 Å². The molecule has 0 radical (unpaired) electrons. The average Bonchev–Trinajstić information content (AvgIpc) is 2.33. The molecule has 3 N–H and O–H groups in total. The maximum Gasteiger partial charge on any atom is 0.238 e. The zero-order valence-electron chi connectivity index (χ0n) is 11.6. The number of hydrogen-bond acceptors (Lipinski definition) is 3. The molecule has 0 spiro atoms. The molecule has 0 saturated carbocycles. The minimum Gasteiger partial charge on any atom is -0.396 e. The molecule has 1 aromatic rings. The van der Waals surface area contributed by atoms with Gasteiger partial charge in [-0.05, 0) is 24.6 Å². The molecule has 1 amide bonds. The fourth-order valence-electron chi connectivity index (χ4n) is 1.49. The molecule has 0 heterocycles. The van der Waals surface area contributed by atoms with Crippen molar-refractivity contribution in [3.63, 3.8) is 0 Å². The molecular weight excluding hydrogens is 264 g/mol. The molecule has 0 saturated heterocycles. The van der Waals surface area contributed by atoms with Crippen LogP contribution >= 0.6 is 11.6 Å². The van der Waals surface area contributed by atoms with Gasteiger partial charge in [-0.15, -0.1) is 0 Å². The normalized spacial score (nSPS) is 11.4. The molecule has 106 valence electrons. The molecule has 0 aliphatic heterocycles. The highest BCUT2D eigenvalue weighted by molar-refractivity contribution is 6.31. The van der Waals surface area contributed by atoms with Crippen LogP contribution in [0.1, 0.15) is 19.4 Å². The lowest BCUT2D eigenvalue weighted by Gasteiger charge is -2.21. The minimum absolute atomic E-state index is 0.0784. The van der Waals surface area contributed by atoms with E-state index in [1.54, 1.807) is 12.1 Å². The molecule has 1 aromatic carbocycles. The van der Waals surface area contributed by atoms with Crippen LogP contribution in [-0.2, 0) is 4.79 Å². The fourth-order valence-corrected chi connectivity index (χ4v) is 1.67. The van der Waals surface area contributed by atoms with Crippen LogP contribution in [0.15, 0.2) is 18.2 Å². The Morgan fingerprint density at radius 3 is 2.74 bits per heavy atom. The molecule has 0 fully saturated rings. The van der Waals surface area contributed by atoms with E-state index in [1.807, 2.05) is 26.8 Å². The number of benzene rings is 1. The van der Waals surface area contributed by atoms with Crippen molar-refractivity contribution >= 4 is 23.2 Å². The summed E-state index contributed by atoms with van der Waals surface area (Å²) >= 11 is 5.89. The molecular formula is C14H21ClN2O2. The van der Waals surface area contributed by atoms with E-state index < -0.39 is 0 Å². The summed E-state index contributed by atoms with van der Waals surface area (Å²) in [7, 11) is 0. The molecule has 5 heteroatoms. The van der Waals surface area contributed by atoms with E-state index in [4.69, 9.17) is 16.7 Å². The van der Waals surface area contributed by atoms with Crippen LogP contribution in [0.25, 0.3) is 0 Å². The maximum atomic E-state index is 11.8. The summed E-state index contributed by atoms with van der Waals surface area (Å²) in [6.45, 7) is 6.63. The van der Waals surface area contributed by atoms with Gasteiger partial charge in [-0.1, -0.05) is 31.5 Å². The molecule has 0 aliphatic rings. The van der Waals surface area contributed by atoms with Crippen LogP contribution in [0.2, 0.25) is 5.02 Å². The first-order valence-corrected chi connectivity index (χ1v) is 6.59. The van der Waals surface area contributed by atoms with Crippen molar-refractivity contribution in [2.24, 2.45) is 5.41 Å². The number of aryl methyl sites for hydroxylation is 1. The smallest absolute Gasteiger partial charge is 0.238 e. The predicted molar refractivity (Wildman–Crippen MR) is 78.6 cm³/mol. The van der Waals surface area contributed by atoms with Crippen molar-refractivity contribution in [3.8, 4) is 0 Å². The van der Waals surface area contributed by atoms with E-state index in [0.29, 0.717) is 11.6 Å². The largest absolute Gasteiger partial charge is 0.396 e. The Morgan fingerprint density at radius 2 is 2.11 bits per heavy atom. The number of anilines is 1. The van der Waals surface area contributed by atoms with Crippen LogP contribution in [-0.4, -0.2) is 30.7 Å². The van der Waals surface area contributed by atoms with Gasteiger partial charge in [0.15, 0.2) is 0 Å². The second-order valence-corrected chi connectivity index (χ2v) is 5.87. The van der Waals surface area contributed by atoms with Gasteiger partial charge in [-0.3, -0.25) is 4.79 Å². The lowest BCUT2D eigenvalue weighted by atomic mass is 9.95. The van der Waals surface area contributed by atoms with Crippen LogP contribution in [0.4, 0.5) is 5.69 Å². The lowest BCUT2D eigenvalue weighted by Crippen LogP contribution is -2.37. The Hall–Kier alpha value is -1.10. The maximum absolute atomic E-state index is 11.8. The molecule has 0 aromatic heterocycles. The highest BCUT2D eigenvalue weighted by Crippen LogP contribution is 2.19.